The van der Waals surface area contributed by atoms with Crippen molar-refractivity contribution in [1.29, 1.82) is 0 Å². The minimum atomic E-state index is -0.372. The molecule has 27 heavy (non-hydrogen) atoms. The number of rotatable bonds is 7. The first kappa shape index (κ1) is 18.1. The number of amides is 2. The minimum absolute atomic E-state index is 0.177. The van der Waals surface area contributed by atoms with Crippen molar-refractivity contribution in [2.45, 2.75) is 0 Å². The van der Waals surface area contributed by atoms with Crippen molar-refractivity contribution in [3.05, 3.63) is 72.7 Å². The van der Waals surface area contributed by atoms with Gasteiger partial charge in [-0.3, -0.25) is 9.59 Å². The van der Waals surface area contributed by atoms with E-state index in [1.807, 2.05) is 6.07 Å². The second kappa shape index (κ2) is 8.57. The Kier molecular flexibility index (Phi) is 5.73. The summed E-state index contributed by atoms with van der Waals surface area (Å²) in [4.78, 5) is 24.1. The van der Waals surface area contributed by atoms with Gasteiger partial charge < -0.3 is 24.5 Å². The van der Waals surface area contributed by atoms with Crippen molar-refractivity contribution in [2.24, 2.45) is 0 Å². The maximum absolute atomic E-state index is 12.1. The summed E-state index contributed by atoms with van der Waals surface area (Å²) in [5.41, 5.74) is 1.06. The van der Waals surface area contributed by atoms with E-state index >= 15 is 0 Å². The van der Waals surface area contributed by atoms with Gasteiger partial charge in [0.1, 0.15) is 0 Å². The molecule has 7 nitrogen and oxygen atoms in total. The quantitative estimate of drug-likeness (QED) is 0.667. The van der Waals surface area contributed by atoms with Crippen LogP contribution in [0.1, 0.15) is 10.6 Å². The standard InChI is InChI=1S/C20H18N2O5/c1-25-16-8-2-3-9-17(16)27-13-19(23)21-14-6-4-7-15(12-14)22-20(24)18-10-5-11-26-18/h2-12H,13H2,1H3,(H,21,23)(H,22,24). The zero-order chi connectivity index (χ0) is 19.1. The van der Waals surface area contributed by atoms with Crippen LogP contribution in [0.15, 0.2) is 71.3 Å². The molecule has 1 heterocycles. The van der Waals surface area contributed by atoms with Gasteiger partial charge in [0, 0.05) is 11.4 Å². The van der Waals surface area contributed by atoms with Gasteiger partial charge in [-0.25, -0.2) is 0 Å². The number of carbonyl (C=O) groups excluding carboxylic acids is 2. The summed E-state index contributed by atoms with van der Waals surface area (Å²) in [7, 11) is 1.53. The van der Waals surface area contributed by atoms with Gasteiger partial charge in [0.25, 0.3) is 11.8 Å². The average Bonchev–Trinajstić information content (AvgIpc) is 3.22. The lowest BCUT2D eigenvalue weighted by atomic mass is 10.2. The number of methoxy groups -OCH3 is 1. The van der Waals surface area contributed by atoms with Crippen molar-refractivity contribution < 1.29 is 23.5 Å². The SMILES string of the molecule is COc1ccccc1OCC(=O)Nc1cccc(NC(=O)c2ccco2)c1. The molecule has 2 N–H and O–H groups in total. The molecule has 2 aromatic carbocycles. The van der Waals surface area contributed by atoms with Crippen LogP contribution in [0.25, 0.3) is 0 Å². The third kappa shape index (κ3) is 4.88. The molecule has 0 aliphatic heterocycles. The molecular weight excluding hydrogens is 348 g/mol. The van der Waals surface area contributed by atoms with Crippen LogP contribution >= 0.6 is 0 Å². The molecule has 3 aromatic rings. The highest BCUT2D eigenvalue weighted by molar-refractivity contribution is 6.02. The molecule has 0 aliphatic carbocycles. The lowest BCUT2D eigenvalue weighted by Crippen LogP contribution is -2.20. The molecule has 7 heteroatoms. The fraction of sp³-hybridized carbons (Fsp3) is 0.100. The molecule has 0 saturated carbocycles. The van der Waals surface area contributed by atoms with E-state index < -0.39 is 0 Å². The summed E-state index contributed by atoms with van der Waals surface area (Å²) in [6.07, 6.45) is 1.42. The Morgan fingerprint density at radius 2 is 1.67 bits per heavy atom. The number of nitrogens with one attached hydrogen (secondary N) is 2. The molecule has 138 valence electrons. The summed E-state index contributed by atoms with van der Waals surface area (Å²) in [6, 6.07) is 17.1. The number of ether oxygens (including phenoxy) is 2. The summed E-state index contributed by atoms with van der Waals surface area (Å²) < 4.78 is 15.7. The Balaban J connectivity index is 1.57. The molecule has 2 amide bonds. The van der Waals surface area contributed by atoms with Gasteiger partial charge in [-0.05, 0) is 42.5 Å². The Bertz CT molecular complexity index is 922. The maximum atomic E-state index is 12.1. The Hall–Kier alpha value is -3.74. The Morgan fingerprint density at radius 1 is 0.926 bits per heavy atom. The van der Waals surface area contributed by atoms with Crippen molar-refractivity contribution in [2.75, 3.05) is 24.4 Å². The molecule has 0 fully saturated rings. The van der Waals surface area contributed by atoms with E-state index in [1.54, 1.807) is 54.6 Å². The maximum Gasteiger partial charge on any atom is 0.291 e. The van der Waals surface area contributed by atoms with E-state index in [9.17, 15) is 9.59 Å². The number of hydrogen-bond donors (Lipinski definition) is 2. The van der Waals surface area contributed by atoms with Crippen LogP contribution < -0.4 is 20.1 Å². The van der Waals surface area contributed by atoms with Crippen molar-refractivity contribution in [1.82, 2.24) is 0 Å². The molecule has 0 radical (unpaired) electrons. The Labute approximate surface area is 155 Å². The van der Waals surface area contributed by atoms with Gasteiger partial charge in [0.05, 0.1) is 13.4 Å². The zero-order valence-electron chi connectivity index (χ0n) is 14.6. The van der Waals surface area contributed by atoms with Gasteiger partial charge in [0.2, 0.25) is 0 Å². The van der Waals surface area contributed by atoms with E-state index in [-0.39, 0.29) is 24.2 Å². The van der Waals surface area contributed by atoms with Crippen molar-refractivity contribution in [3.8, 4) is 11.5 Å². The largest absolute Gasteiger partial charge is 0.493 e. The predicted octanol–water partition coefficient (Wildman–Crippen LogP) is 3.56. The number of hydrogen-bond acceptors (Lipinski definition) is 5. The predicted molar refractivity (Wildman–Crippen MR) is 100 cm³/mol. The van der Waals surface area contributed by atoms with Crippen LogP contribution in [0, 0.1) is 0 Å². The molecule has 0 atom stereocenters. The molecule has 3 rings (SSSR count). The molecule has 1 aromatic heterocycles. The summed E-state index contributed by atoms with van der Waals surface area (Å²) in [6.45, 7) is -0.177. The third-order valence-corrected chi connectivity index (χ3v) is 3.58. The Morgan fingerprint density at radius 3 is 2.37 bits per heavy atom. The van der Waals surface area contributed by atoms with Crippen LogP contribution in [0.4, 0.5) is 11.4 Å². The fourth-order valence-electron chi connectivity index (χ4n) is 2.35. The van der Waals surface area contributed by atoms with E-state index in [2.05, 4.69) is 10.6 Å². The minimum Gasteiger partial charge on any atom is -0.493 e. The monoisotopic (exact) mass is 366 g/mol. The first-order valence-corrected chi connectivity index (χ1v) is 8.16. The summed E-state index contributed by atoms with van der Waals surface area (Å²) >= 11 is 0. The van der Waals surface area contributed by atoms with E-state index in [0.29, 0.717) is 22.9 Å². The van der Waals surface area contributed by atoms with Crippen LogP contribution in [0.5, 0.6) is 11.5 Å². The smallest absolute Gasteiger partial charge is 0.291 e. The highest BCUT2D eigenvalue weighted by atomic mass is 16.5. The molecule has 0 saturated heterocycles. The van der Waals surface area contributed by atoms with Gasteiger partial charge in [-0.1, -0.05) is 18.2 Å². The van der Waals surface area contributed by atoms with Gasteiger partial charge >= 0.3 is 0 Å². The lowest BCUT2D eigenvalue weighted by molar-refractivity contribution is -0.118. The van der Waals surface area contributed by atoms with Gasteiger partial charge in [-0.2, -0.15) is 0 Å². The van der Waals surface area contributed by atoms with Gasteiger partial charge in [-0.15, -0.1) is 0 Å². The van der Waals surface area contributed by atoms with Crippen LogP contribution in [-0.2, 0) is 4.79 Å². The van der Waals surface area contributed by atoms with Crippen LogP contribution in [0.2, 0.25) is 0 Å². The molecule has 0 aliphatic rings. The topological polar surface area (TPSA) is 89.8 Å². The molecule has 0 bridgehead atoms. The fourth-order valence-corrected chi connectivity index (χ4v) is 2.35. The van der Waals surface area contributed by atoms with Crippen molar-refractivity contribution in [3.63, 3.8) is 0 Å². The van der Waals surface area contributed by atoms with E-state index in [0.717, 1.165) is 0 Å². The van der Waals surface area contributed by atoms with E-state index in [1.165, 1.54) is 13.4 Å². The number of benzene rings is 2. The van der Waals surface area contributed by atoms with Crippen molar-refractivity contribution >= 4 is 23.2 Å². The van der Waals surface area contributed by atoms with Crippen LogP contribution in [-0.4, -0.2) is 25.5 Å². The van der Waals surface area contributed by atoms with Crippen LogP contribution in [0.3, 0.4) is 0 Å². The first-order valence-electron chi connectivity index (χ1n) is 8.16. The zero-order valence-corrected chi connectivity index (χ0v) is 14.6. The van der Waals surface area contributed by atoms with E-state index in [4.69, 9.17) is 13.9 Å². The highest BCUT2D eigenvalue weighted by Crippen LogP contribution is 2.25. The number of carbonyl (C=O) groups is 2. The highest BCUT2D eigenvalue weighted by Gasteiger charge is 2.10. The second-order valence-corrected chi connectivity index (χ2v) is 5.50. The molecular formula is C20H18N2O5. The van der Waals surface area contributed by atoms with Gasteiger partial charge in [0.15, 0.2) is 23.9 Å². The third-order valence-electron chi connectivity index (χ3n) is 3.58. The number of para-hydroxylation sites is 2. The summed E-state index contributed by atoms with van der Waals surface area (Å²) in [5.74, 6) is 0.524. The number of anilines is 2. The molecule has 0 spiro atoms. The molecule has 0 unspecified atom stereocenters. The first-order chi connectivity index (χ1) is 13.2. The number of furan rings is 1. The normalized spacial score (nSPS) is 10.1. The second-order valence-electron chi connectivity index (χ2n) is 5.50. The summed E-state index contributed by atoms with van der Waals surface area (Å²) in [5, 5.41) is 5.42. The lowest BCUT2D eigenvalue weighted by Gasteiger charge is -2.11. The average molecular weight is 366 g/mol.